The van der Waals surface area contributed by atoms with E-state index < -0.39 is 0 Å². The van der Waals surface area contributed by atoms with Crippen LogP contribution in [0.4, 0.5) is 4.39 Å². The third-order valence-electron chi connectivity index (χ3n) is 2.37. The maximum Gasteiger partial charge on any atom is 0.221 e. The van der Waals surface area contributed by atoms with E-state index in [2.05, 4.69) is 26.6 Å². The fourth-order valence-corrected chi connectivity index (χ4v) is 1.90. The summed E-state index contributed by atoms with van der Waals surface area (Å²) >= 11 is 3.21. The maximum absolute atomic E-state index is 13.5. The summed E-state index contributed by atoms with van der Waals surface area (Å²) < 4.78 is 14.2. The Morgan fingerprint density at radius 1 is 1.37 bits per heavy atom. The van der Waals surface area contributed by atoms with Crippen molar-refractivity contribution < 1.29 is 9.18 Å². The minimum absolute atomic E-state index is 0.00345. The van der Waals surface area contributed by atoms with E-state index in [0.29, 0.717) is 25.1 Å². The molecule has 0 aromatic heterocycles. The summed E-state index contributed by atoms with van der Waals surface area (Å²) in [7, 11) is 0. The zero-order chi connectivity index (χ0) is 14.5. The summed E-state index contributed by atoms with van der Waals surface area (Å²) in [5.74, 6) is -0.253. The summed E-state index contributed by atoms with van der Waals surface area (Å²) in [6, 6.07) is 4.96. The first-order chi connectivity index (χ1) is 8.78. The third-order valence-corrected chi connectivity index (χ3v) is 2.87. The Kier molecular flexibility index (Phi) is 5.94. The van der Waals surface area contributed by atoms with Crippen molar-refractivity contribution in [1.29, 1.82) is 0 Å². The predicted molar refractivity (Wildman–Crippen MR) is 78.3 cm³/mol. The van der Waals surface area contributed by atoms with Gasteiger partial charge in [-0.1, -0.05) is 22.0 Å². The van der Waals surface area contributed by atoms with Gasteiger partial charge in [-0.05, 0) is 32.9 Å². The van der Waals surface area contributed by atoms with E-state index in [-0.39, 0.29) is 17.3 Å². The number of benzene rings is 1. The van der Waals surface area contributed by atoms with Gasteiger partial charge in [0.05, 0.1) is 0 Å². The van der Waals surface area contributed by atoms with Crippen LogP contribution in [0.1, 0.15) is 32.8 Å². The molecule has 5 heteroatoms. The maximum atomic E-state index is 13.5. The highest BCUT2D eigenvalue weighted by Gasteiger charge is 2.12. The number of rotatable bonds is 5. The fraction of sp³-hybridized carbons (Fsp3) is 0.500. The molecular weight excluding hydrogens is 311 g/mol. The van der Waals surface area contributed by atoms with Gasteiger partial charge < -0.3 is 10.6 Å². The molecular formula is C14H20BrFN2O. The van der Waals surface area contributed by atoms with Crippen LogP contribution >= 0.6 is 15.9 Å². The molecule has 0 aliphatic heterocycles. The Morgan fingerprint density at radius 2 is 2.05 bits per heavy atom. The molecule has 19 heavy (non-hydrogen) atoms. The zero-order valence-corrected chi connectivity index (χ0v) is 13.1. The minimum Gasteiger partial charge on any atom is -0.351 e. The topological polar surface area (TPSA) is 41.1 Å². The lowest BCUT2D eigenvalue weighted by molar-refractivity contribution is -0.122. The van der Waals surface area contributed by atoms with Crippen LogP contribution in [-0.2, 0) is 11.3 Å². The average Bonchev–Trinajstić information content (AvgIpc) is 2.24. The molecule has 0 saturated carbocycles. The van der Waals surface area contributed by atoms with Crippen molar-refractivity contribution in [3.8, 4) is 0 Å². The van der Waals surface area contributed by atoms with Crippen LogP contribution in [0.15, 0.2) is 22.7 Å². The molecule has 0 heterocycles. The smallest absolute Gasteiger partial charge is 0.221 e. The normalized spacial score (nSPS) is 11.4. The number of halogens is 2. The molecule has 2 N–H and O–H groups in total. The summed E-state index contributed by atoms with van der Waals surface area (Å²) in [5.41, 5.74) is 0.383. The molecule has 0 aliphatic rings. The fourth-order valence-electron chi connectivity index (χ4n) is 1.57. The Morgan fingerprint density at radius 3 is 2.63 bits per heavy atom. The molecule has 1 aromatic rings. The van der Waals surface area contributed by atoms with Gasteiger partial charge in [-0.25, -0.2) is 4.39 Å². The lowest BCUT2D eigenvalue weighted by atomic mass is 10.1. The molecule has 0 radical (unpaired) electrons. The van der Waals surface area contributed by atoms with E-state index in [1.54, 1.807) is 12.1 Å². The molecule has 0 unspecified atom stereocenters. The highest BCUT2D eigenvalue weighted by Crippen LogP contribution is 2.14. The molecule has 1 amide bonds. The summed E-state index contributed by atoms with van der Waals surface area (Å²) in [6.45, 7) is 6.76. The van der Waals surface area contributed by atoms with Crippen LogP contribution in [0, 0.1) is 5.82 Å². The van der Waals surface area contributed by atoms with Crippen LogP contribution < -0.4 is 10.6 Å². The van der Waals surface area contributed by atoms with Crippen LogP contribution in [0.5, 0.6) is 0 Å². The van der Waals surface area contributed by atoms with Gasteiger partial charge in [-0.2, -0.15) is 0 Å². The average molecular weight is 331 g/mol. The lowest BCUT2D eigenvalue weighted by Crippen LogP contribution is -2.41. The van der Waals surface area contributed by atoms with E-state index >= 15 is 0 Å². The van der Waals surface area contributed by atoms with Gasteiger partial charge in [0.2, 0.25) is 5.91 Å². The zero-order valence-electron chi connectivity index (χ0n) is 11.5. The van der Waals surface area contributed by atoms with Crippen molar-refractivity contribution in [2.45, 2.75) is 39.3 Å². The molecule has 0 fully saturated rings. The number of amides is 1. The van der Waals surface area contributed by atoms with Gasteiger partial charge in [-0.15, -0.1) is 0 Å². The summed E-state index contributed by atoms with van der Waals surface area (Å²) in [6.07, 6.45) is 0.384. The Bertz CT molecular complexity index is 444. The molecule has 0 aliphatic carbocycles. The van der Waals surface area contributed by atoms with Crippen LogP contribution in [0.2, 0.25) is 0 Å². The van der Waals surface area contributed by atoms with Crippen molar-refractivity contribution in [1.82, 2.24) is 10.6 Å². The van der Waals surface area contributed by atoms with Crippen molar-refractivity contribution in [2.24, 2.45) is 0 Å². The van der Waals surface area contributed by atoms with Crippen LogP contribution in [-0.4, -0.2) is 18.0 Å². The second-order valence-corrected chi connectivity index (χ2v) is 6.38. The lowest BCUT2D eigenvalue weighted by Gasteiger charge is -2.20. The highest BCUT2D eigenvalue weighted by atomic mass is 79.9. The first-order valence-corrected chi connectivity index (χ1v) is 7.03. The van der Waals surface area contributed by atoms with Crippen LogP contribution in [0.25, 0.3) is 0 Å². The Hall–Kier alpha value is -0.940. The van der Waals surface area contributed by atoms with E-state index in [4.69, 9.17) is 0 Å². The number of carbonyl (C=O) groups is 1. The molecule has 0 saturated heterocycles. The Labute approximate surface area is 122 Å². The van der Waals surface area contributed by atoms with Crippen molar-refractivity contribution in [3.63, 3.8) is 0 Å². The molecule has 3 nitrogen and oxygen atoms in total. The SMILES string of the molecule is CC(C)(C)NC(=O)CCNCc1ccc(Br)cc1F. The van der Waals surface area contributed by atoms with Gasteiger partial charge in [0.1, 0.15) is 5.82 Å². The summed E-state index contributed by atoms with van der Waals surface area (Å²) in [4.78, 5) is 11.6. The van der Waals surface area contributed by atoms with Crippen molar-refractivity contribution in [3.05, 3.63) is 34.1 Å². The van der Waals surface area contributed by atoms with Crippen LogP contribution in [0.3, 0.4) is 0 Å². The molecule has 0 bridgehead atoms. The first-order valence-electron chi connectivity index (χ1n) is 6.23. The van der Waals surface area contributed by atoms with Gasteiger partial charge in [-0.3, -0.25) is 4.79 Å². The number of nitrogens with one attached hydrogen (secondary N) is 2. The van der Waals surface area contributed by atoms with Gasteiger partial charge in [0.15, 0.2) is 0 Å². The monoisotopic (exact) mass is 330 g/mol. The molecule has 1 aromatic carbocycles. The van der Waals surface area contributed by atoms with E-state index in [0.717, 1.165) is 4.47 Å². The standard InChI is InChI=1S/C14H20BrFN2O/c1-14(2,3)18-13(19)6-7-17-9-10-4-5-11(15)8-12(10)16/h4-5,8,17H,6-7,9H2,1-3H3,(H,18,19). The number of hydrogen-bond donors (Lipinski definition) is 2. The van der Waals surface area contributed by atoms with E-state index in [9.17, 15) is 9.18 Å². The van der Waals surface area contributed by atoms with Crippen molar-refractivity contribution >= 4 is 21.8 Å². The predicted octanol–water partition coefficient (Wildman–Crippen LogP) is 2.98. The summed E-state index contributed by atoms with van der Waals surface area (Å²) in [5, 5.41) is 5.94. The van der Waals surface area contributed by atoms with Gasteiger partial charge >= 0.3 is 0 Å². The molecule has 106 valence electrons. The Balaban J connectivity index is 2.29. The highest BCUT2D eigenvalue weighted by molar-refractivity contribution is 9.10. The van der Waals surface area contributed by atoms with E-state index in [1.165, 1.54) is 6.07 Å². The molecule has 0 spiro atoms. The van der Waals surface area contributed by atoms with E-state index in [1.807, 2.05) is 20.8 Å². The minimum atomic E-state index is -0.249. The molecule has 1 rings (SSSR count). The quantitative estimate of drug-likeness (QED) is 0.815. The largest absolute Gasteiger partial charge is 0.351 e. The molecule has 0 atom stereocenters. The van der Waals surface area contributed by atoms with Gasteiger partial charge in [0.25, 0.3) is 0 Å². The number of hydrogen-bond acceptors (Lipinski definition) is 2. The van der Waals surface area contributed by atoms with Gasteiger partial charge in [0, 0.05) is 35.1 Å². The third kappa shape index (κ3) is 6.68. The van der Waals surface area contributed by atoms with Crippen molar-refractivity contribution in [2.75, 3.05) is 6.54 Å². The second kappa shape index (κ2) is 7.01. The number of carbonyl (C=O) groups excluding carboxylic acids is 1. The second-order valence-electron chi connectivity index (χ2n) is 5.46. The first kappa shape index (κ1) is 16.1.